The predicted octanol–water partition coefficient (Wildman–Crippen LogP) is 2.80. The third-order valence-corrected chi connectivity index (χ3v) is 3.41. The summed E-state index contributed by atoms with van der Waals surface area (Å²) in [5, 5.41) is 8.47. The quantitative estimate of drug-likeness (QED) is 0.925. The number of carboxylic acids is 1. The fourth-order valence-corrected chi connectivity index (χ4v) is 2.16. The van der Waals surface area contributed by atoms with Gasteiger partial charge in [0.2, 0.25) is 0 Å². The summed E-state index contributed by atoms with van der Waals surface area (Å²) in [5.74, 6) is -0.376. The first kappa shape index (κ1) is 11.6. The van der Waals surface area contributed by atoms with Crippen LogP contribution >= 0.6 is 15.9 Å². The smallest absolute Gasteiger partial charge is 0.329 e. The Morgan fingerprint density at radius 1 is 1.38 bits per heavy atom. The van der Waals surface area contributed by atoms with Crippen LogP contribution in [0.15, 0.2) is 28.7 Å². The summed E-state index contributed by atoms with van der Waals surface area (Å²) in [6, 6.07) is 8.26. The Balaban J connectivity index is 1.79. The number of benzene rings is 1. The molecule has 0 radical (unpaired) electrons. The Morgan fingerprint density at radius 2 is 2.00 bits per heavy atom. The van der Waals surface area contributed by atoms with E-state index in [-0.39, 0.29) is 12.7 Å². The summed E-state index contributed by atoms with van der Waals surface area (Å²) in [4.78, 5) is 10.3. The first-order valence-corrected chi connectivity index (χ1v) is 6.03. The van der Waals surface area contributed by atoms with Crippen LogP contribution in [0.3, 0.4) is 0 Å². The molecule has 1 fully saturated rings. The normalized spacial score (nSPS) is 23.8. The summed E-state index contributed by atoms with van der Waals surface area (Å²) in [7, 11) is 0. The molecule has 4 heteroatoms. The highest BCUT2D eigenvalue weighted by molar-refractivity contribution is 9.10. The average molecular weight is 285 g/mol. The second-order valence-corrected chi connectivity index (χ2v) is 4.96. The molecule has 0 spiro atoms. The second kappa shape index (κ2) is 4.97. The maximum absolute atomic E-state index is 10.3. The number of rotatable bonds is 4. The molecule has 0 aromatic heterocycles. The minimum absolute atomic E-state index is 0.116. The van der Waals surface area contributed by atoms with Crippen molar-refractivity contribution in [1.29, 1.82) is 0 Å². The Hall–Kier alpha value is -0.870. The van der Waals surface area contributed by atoms with Gasteiger partial charge in [-0.3, -0.25) is 0 Å². The number of halogens is 1. The monoisotopic (exact) mass is 284 g/mol. The van der Waals surface area contributed by atoms with Gasteiger partial charge in [0.05, 0.1) is 6.10 Å². The van der Waals surface area contributed by atoms with Gasteiger partial charge in [-0.2, -0.15) is 0 Å². The van der Waals surface area contributed by atoms with Gasteiger partial charge in [-0.15, -0.1) is 0 Å². The highest BCUT2D eigenvalue weighted by atomic mass is 79.9. The summed E-state index contributed by atoms with van der Waals surface area (Å²) in [5.41, 5.74) is 1.30. The van der Waals surface area contributed by atoms with Gasteiger partial charge in [0.25, 0.3) is 0 Å². The molecule has 0 aliphatic heterocycles. The van der Waals surface area contributed by atoms with Crippen LogP contribution in [0.2, 0.25) is 0 Å². The van der Waals surface area contributed by atoms with Crippen LogP contribution in [0.25, 0.3) is 0 Å². The molecule has 1 aromatic carbocycles. The molecular weight excluding hydrogens is 272 g/mol. The third kappa shape index (κ3) is 2.83. The van der Waals surface area contributed by atoms with Crippen LogP contribution in [0, 0.1) is 0 Å². The highest BCUT2D eigenvalue weighted by Crippen LogP contribution is 2.38. The van der Waals surface area contributed by atoms with Gasteiger partial charge in [0, 0.05) is 4.47 Å². The van der Waals surface area contributed by atoms with E-state index in [4.69, 9.17) is 9.84 Å². The second-order valence-electron chi connectivity index (χ2n) is 4.05. The Kier molecular flexibility index (Phi) is 3.61. The Labute approximate surface area is 103 Å². The van der Waals surface area contributed by atoms with Crippen molar-refractivity contribution in [3.05, 3.63) is 34.3 Å². The molecule has 1 N–H and O–H groups in total. The van der Waals surface area contributed by atoms with Gasteiger partial charge < -0.3 is 9.84 Å². The minimum Gasteiger partial charge on any atom is -0.480 e. The zero-order chi connectivity index (χ0) is 11.5. The summed E-state index contributed by atoms with van der Waals surface area (Å²) in [6.07, 6.45) is 1.97. The van der Waals surface area contributed by atoms with Crippen molar-refractivity contribution in [2.75, 3.05) is 6.61 Å². The summed E-state index contributed by atoms with van der Waals surface area (Å²) >= 11 is 3.40. The molecule has 2 rings (SSSR count). The van der Waals surface area contributed by atoms with Gasteiger partial charge in [-0.05, 0) is 36.5 Å². The zero-order valence-corrected chi connectivity index (χ0v) is 10.3. The maximum atomic E-state index is 10.3. The zero-order valence-electron chi connectivity index (χ0n) is 8.73. The summed E-state index contributed by atoms with van der Waals surface area (Å²) in [6.45, 7) is -0.183. The van der Waals surface area contributed by atoms with Crippen molar-refractivity contribution in [3.63, 3.8) is 0 Å². The Bertz CT molecular complexity index is 368. The first-order valence-electron chi connectivity index (χ1n) is 5.24. The minimum atomic E-state index is -0.896. The number of carboxylic acid groups (broad SMARTS) is 1. The van der Waals surface area contributed by atoms with Crippen molar-refractivity contribution >= 4 is 21.9 Å². The van der Waals surface area contributed by atoms with E-state index in [1.807, 2.05) is 12.1 Å². The van der Waals surface area contributed by atoms with Crippen LogP contribution < -0.4 is 0 Å². The lowest BCUT2D eigenvalue weighted by Crippen LogP contribution is -2.31. The highest BCUT2D eigenvalue weighted by Gasteiger charge is 2.31. The number of ether oxygens (including phenoxy) is 1. The molecule has 1 saturated carbocycles. The molecule has 3 nitrogen and oxygen atoms in total. The molecule has 0 amide bonds. The van der Waals surface area contributed by atoms with Gasteiger partial charge in [-0.25, -0.2) is 4.79 Å². The molecule has 1 aliphatic carbocycles. The number of aliphatic carboxylic acids is 1. The molecule has 0 heterocycles. The molecule has 1 aliphatic rings. The van der Waals surface area contributed by atoms with Crippen LogP contribution in [0.4, 0.5) is 0 Å². The van der Waals surface area contributed by atoms with Gasteiger partial charge in [0.15, 0.2) is 0 Å². The van der Waals surface area contributed by atoms with E-state index < -0.39 is 5.97 Å². The predicted molar refractivity (Wildman–Crippen MR) is 63.5 cm³/mol. The van der Waals surface area contributed by atoms with Crippen molar-refractivity contribution in [2.24, 2.45) is 0 Å². The average Bonchev–Trinajstić information content (AvgIpc) is 2.18. The topological polar surface area (TPSA) is 46.5 Å². The van der Waals surface area contributed by atoms with E-state index in [0.717, 1.165) is 17.3 Å². The molecule has 1 aromatic rings. The van der Waals surface area contributed by atoms with Crippen LogP contribution in [-0.4, -0.2) is 23.8 Å². The van der Waals surface area contributed by atoms with Gasteiger partial charge in [-0.1, -0.05) is 28.1 Å². The molecule has 0 atom stereocenters. The largest absolute Gasteiger partial charge is 0.480 e. The van der Waals surface area contributed by atoms with Crippen molar-refractivity contribution in [2.45, 2.75) is 24.9 Å². The summed E-state index contributed by atoms with van der Waals surface area (Å²) < 4.78 is 6.28. The van der Waals surface area contributed by atoms with Gasteiger partial charge >= 0.3 is 5.97 Å². The lowest BCUT2D eigenvalue weighted by Gasteiger charge is -2.35. The lowest BCUT2D eigenvalue weighted by atomic mass is 9.77. The molecule has 0 bridgehead atoms. The first-order chi connectivity index (χ1) is 7.65. The fraction of sp³-hybridized carbons (Fsp3) is 0.417. The SMILES string of the molecule is O=C(O)CO[C@H]1C[C@H](c2ccc(Br)cc2)C1. The van der Waals surface area contributed by atoms with E-state index in [0.29, 0.717) is 5.92 Å². The van der Waals surface area contributed by atoms with Crippen LogP contribution in [-0.2, 0) is 9.53 Å². The van der Waals surface area contributed by atoms with E-state index >= 15 is 0 Å². The number of carbonyl (C=O) groups is 1. The van der Waals surface area contributed by atoms with E-state index in [1.54, 1.807) is 0 Å². The van der Waals surface area contributed by atoms with Crippen molar-refractivity contribution in [3.8, 4) is 0 Å². The van der Waals surface area contributed by atoms with Crippen molar-refractivity contribution in [1.82, 2.24) is 0 Å². The maximum Gasteiger partial charge on any atom is 0.329 e. The number of hydrogen-bond acceptors (Lipinski definition) is 2. The van der Waals surface area contributed by atoms with E-state index in [1.165, 1.54) is 5.56 Å². The fourth-order valence-electron chi connectivity index (χ4n) is 1.90. The van der Waals surface area contributed by atoms with E-state index in [9.17, 15) is 4.79 Å². The Morgan fingerprint density at radius 3 is 2.56 bits per heavy atom. The standard InChI is InChI=1S/C12H13BrO3/c13-10-3-1-8(2-4-10)9-5-11(6-9)16-7-12(14)15/h1-4,9,11H,5-7H2,(H,14,15)/t9-,11-. The molecular formula is C12H13BrO3. The molecule has 16 heavy (non-hydrogen) atoms. The van der Waals surface area contributed by atoms with Gasteiger partial charge in [0.1, 0.15) is 6.61 Å². The molecule has 86 valence electrons. The molecule has 0 unspecified atom stereocenters. The van der Waals surface area contributed by atoms with Crippen molar-refractivity contribution < 1.29 is 14.6 Å². The van der Waals surface area contributed by atoms with Crippen LogP contribution in [0.5, 0.6) is 0 Å². The third-order valence-electron chi connectivity index (χ3n) is 2.88. The van der Waals surface area contributed by atoms with Crippen LogP contribution in [0.1, 0.15) is 24.3 Å². The lowest BCUT2D eigenvalue weighted by molar-refractivity contribution is -0.146. The molecule has 0 saturated heterocycles. The van der Waals surface area contributed by atoms with E-state index in [2.05, 4.69) is 28.1 Å². The number of hydrogen-bond donors (Lipinski definition) is 1.